The second-order valence-electron chi connectivity index (χ2n) is 8.92. The molecular weight excluding hydrogens is 416 g/mol. The quantitative estimate of drug-likeness (QED) is 0.449. The van der Waals surface area contributed by atoms with Gasteiger partial charge in [-0.3, -0.25) is 9.69 Å². The Morgan fingerprint density at radius 3 is 2.42 bits per heavy atom. The van der Waals surface area contributed by atoms with Gasteiger partial charge in [-0.25, -0.2) is 13.6 Å². The van der Waals surface area contributed by atoms with Crippen LogP contribution in [0.15, 0.2) is 11.0 Å². The van der Waals surface area contributed by atoms with Gasteiger partial charge in [-0.05, 0) is 57.7 Å². The van der Waals surface area contributed by atoms with E-state index in [2.05, 4.69) is 10.2 Å². The van der Waals surface area contributed by atoms with E-state index in [1.54, 1.807) is 13.0 Å². The van der Waals surface area contributed by atoms with Gasteiger partial charge in [0.05, 0.1) is 18.4 Å². The van der Waals surface area contributed by atoms with E-state index in [0.717, 1.165) is 19.4 Å². The first kappa shape index (κ1) is 23.8. The van der Waals surface area contributed by atoms with Gasteiger partial charge in [0.2, 0.25) is 10.0 Å². The van der Waals surface area contributed by atoms with Crippen molar-refractivity contribution in [2.75, 3.05) is 19.4 Å². The summed E-state index contributed by atoms with van der Waals surface area (Å²) in [6, 6.07) is 2.32. The van der Waals surface area contributed by atoms with Crippen LogP contribution < -0.4 is 20.9 Å². The normalized spacial score (nSPS) is 22.1. The third-order valence-corrected chi connectivity index (χ3v) is 7.76. The molecule has 1 saturated carbocycles. The van der Waals surface area contributed by atoms with Gasteiger partial charge < -0.3 is 15.8 Å². The lowest BCUT2D eigenvalue weighted by Crippen LogP contribution is -2.50. The molecule has 0 spiro atoms. The maximum Gasteiger partial charge on any atom is 0.255 e. The summed E-state index contributed by atoms with van der Waals surface area (Å²) in [5.41, 5.74) is 6.54. The number of benzene rings is 1. The summed E-state index contributed by atoms with van der Waals surface area (Å²) in [5, 5.41) is 8.45. The van der Waals surface area contributed by atoms with Crippen molar-refractivity contribution in [3.8, 4) is 5.75 Å². The van der Waals surface area contributed by atoms with Gasteiger partial charge in [-0.2, -0.15) is 0 Å². The van der Waals surface area contributed by atoms with Crippen molar-refractivity contribution < 1.29 is 17.9 Å². The van der Waals surface area contributed by atoms with E-state index in [9.17, 15) is 13.2 Å². The van der Waals surface area contributed by atoms with Gasteiger partial charge >= 0.3 is 0 Å². The summed E-state index contributed by atoms with van der Waals surface area (Å²) >= 11 is 0. The van der Waals surface area contributed by atoms with Crippen LogP contribution in [0.2, 0.25) is 0 Å². The summed E-state index contributed by atoms with van der Waals surface area (Å²) in [6.07, 6.45) is 9.77. The smallest absolute Gasteiger partial charge is 0.255 e. The number of primary sulfonamides is 1. The first-order valence-electron chi connectivity index (χ1n) is 11.2. The predicted octanol–water partition coefficient (Wildman–Crippen LogP) is 2.54. The SMILES string of the molecule is COc1c(C(=O)NC(C)C2CCCN2C2CCCCCC2)cc(C)c(N)c1S(N)(=O)=O. The molecule has 8 nitrogen and oxygen atoms in total. The molecule has 3 rings (SSSR count). The number of nitrogens with zero attached hydrogens (tertiary/aromatic N) is 1. The maximum absolute atomic E-state index is 13.2. The Labute approximate surface area is 185 Å². The number of nitrogens with two attached hydrogens (primary N) is 2. The van der Waals surface area contributed by atoms with Crippen molar-refractivity contribution in [3.63, 3.8) is 0 Å². The number of carbonyl (C=O) groups excluding carboxylic acids is 1. The summed E-state index contributed by atoms with van der Waals surface area (Å²) in [6.45, 7) is 4.73. The number of nitrogens with one attached hydrogen (secondary N) is 1. The molecular formula is C22H36N4O4S. The van der Waals surface area contributed by atoms with Crippen LogP contribution in [-0.2, 0) is 10.0 Å². The van der Waals surface area contributed by atoms with Crippen LogP contribution in [0.1, 0.15) is 74.2 Å². The number of likely N-dealkylation sites (tertiary alicyclic amines) is 1. The van der Waals surface area contributed by atoms with Crippen molar-refractivity contribution in [1.29, 1.82) is 0 Å². The van der Waals surface area contributed by atoms with Gasteiger partial charge in [0, 0.05) is 18.1 Å². The molecule has 1 aliphatic carbocycles. The Balaban J connectivity index is 1.83. The van der Waals surface area contributed by atoms with E-state index in [1.807, 2.05) is 6.92 Å². The zero-order valence-electron chi connectivity index (χ0n) is 18.8. The highest BCUT2D eigenvalue weighted by Gasteiger charge is 2.35. The van der Waals surface area contributed by atoms with E-state index < -0.39 is 10.0 Å². The van der Waals surface area contributed by atoms with Crippen LogP contribution in [0, 0.1) is 6.92 Å². The highest BCUT2D eigenvalue weighted by molar-refractivity contribution is 7.89. The van der Waals surface area contributed by atoms with Crippen LogP contribution in [0.25, 0.3) is 0 Å². The van der Waals surface area contributed by atoms with Crippen molar-refractivity contribution in [2.24, 2.45) is 5.14 Å². The molecule has 2 unspecified atom stereocenters. The maximum atomic E-state index is 13.2. The number of hydrogen-bond acceptors (Lipinski definition) is 6. The Bertz CT molecular complexity index is 911. The van der Waals surface area contributed by atoms with Crippen LogP contribution >= 0.6 is 0 Å². The van der Waals surface area contributed by atoms with E-state index in [4.69, 9.17) is 15.6 Å². The van der Waals surface area contributed by atoms with E-state index in [1.165, 1.54) is 45.6 Å². The number of amides is 1. The highest BCUT2D eigenvalue weighted by Crippen LogP contribution is 2.35. The Morgan fingerprint density at radius 1 is 1.19 bits per heavy atom. The van der Waals surface area contributed by atoms with Gasteiger partial charge in [-0.1, -0.05) is 25.7 Å². The Kier molecular flexibility index (Phi) is 7.49. The van der Waals surface area contributed by atoms with Crippen LogP contribution in [0.3, 0.4) is 0 Å². The number of nitrogen functional groups attached to an aromatic ring is 1. The third kappa shape index (κ3) is 5.15. The number of sulfonamides is 1. The number of hydrogen-bond donors (Lipinski definition) is 3. The number of anilines is 1. The molecule has 1 aromatic rings. The highest BCUT2D eigenvalue weighted by atomic mass is 32.2. The molecule has 31 heavy (non-hydrogen) atoms. The number of aryl methyl sites for hydroxylation is 1. The van der Waals surface area contributed by atoms with Gasteiger partial charge in [0.25, 0.3) is 5.91 Å². The zero-order chi connectivity index (χ0) is 22.8. The minimum atomic E-state index is -4.16. The van der Waals surface area contributed by atoms with E-state index in [0.29, 0.717) is 11.6 Å². The lowest BCUT2D eigenvalue weighted by atomic mass is 10.0. The Hall–Kier alpha value is -1.84. The summed E-state index contributed by atoms with van der Waals surface area (Å²) < 4.78 is 29.5. The molecule has 1 heterocycles. The standard InChI is InChI=1S/C22H36N4O4S/c1-14-13-17(20(30-3)21(19(14)23)31(24,28)29)22(27)25-15(2)18-11-8-12-26(18)16-9-6-4-5-7-10-16/h13,15-16,18H,4-12,23H2,1-3H3,(H,25,27)(H2,24,28,29). The Morgan fingerprint density at radius 2 is 1.84 bits per heavy atom. The van der Waals surface area contributed by atoms with Crippen molar-refractivity contribution in [1.82, 2.24) is 10.2 Å². The average Bonchev–Trinajstić information content (AvgIpc) is 3.04. The summed E-state index contributed by atoms with van der Waals surface area (Å²) in [7, 11) is -2.85. The molecule has 2 atom stereocenters. The molecule has 1 amide bonds. The fourth-order valence-electron chi connectivity index (χ4n) is 5.21. The molecule has 0 bridgehead atoms. The zero-order valence-corrected chi connectivity index (χ0v) is 19.6. The van der Waals surface area contributed by atoms with E-state index in [-0.39, 0.29) is 39.9 Å². The molecule has 1 aliphatic heterocycles. The van der Waals surface area contributed by atoms with Gasteiger partial charge in [-0.15, -0.1) is 0 Å². The molecule has 2 aliphatic rings. The van der Waals surface area contributed by atoms with Crippen molar-refractivity contribution in [3.05, 3.63) is 17.2 Å². The third-order valence-electron chi connectivity index (χ3n) is 6.79. The minimum Gasteiger partial charge on any atom is -0.494 e. The molecule has 174 valence electrons. The van der Waals surface area contributed by atoms with Crippen molar-refractivity contribution in [2.45, 2.75) is 88.2 Å². The first-order chi connectivity index (χ1) is 14.6. The molecule has 0 aromatic heterocycles. The molecule has 1 aromatic carbocycles. The lowest BCUT2D eigenvalue weighted by Gasteiger charge is -2.36. The number of rotatable bonds is 6. The molecule has 2 fully saturated rings. The monoisotopic (exact) mass is 452 g/mol. The molecule has 9 heteroatoms. The topological polar surface area (TPSA) is 128 Å². The largest absolute Gasteiger partial charge is 0.494 e. The van der Waals surface area contributed by atoms with Crippen molar-refractivity contribution >= 4 is 21.6 Å². The predicted molar refractivity (Wildman–Crippen MR) is 122 cm³/mol. The van der Waals surface area contributed by atoms with Crippen LogP contribution in [0.5, 0.6) is 5.75 Å². The van der Waals surface area contributed by atoms with E-state index >= 15 is 0 Å². The number of methoxy groups -OCH3 is 1. The average molecular weight is 453 g/mol. The van der Waals surface area contributed by atoms with Crippen LogP contribution in [0.4, 0.5) is 5.69 Å². The lowest BCUT2D eigenvalue weighted by molar-refractivity contribution is 0.0880. The second kappa shape index (κ2) is 9.75. The fraction of sp³-hybridized carbons (Fsp3) is 0.682. The second-order valence-corrected chi connectivity index (χ2v) is 10.4. The molecule has 1 saturated heterocycles. The summed E-state index contributed by atoms with van der Waals surface area (Å²) in [5.74, 6) is -0.493. The number of carbonyl (C=O) groups is 1. The number of ether oxygens (including phenoxy) is 1. The summed E-state index contributed by atoms with van der Waals surface area (Å²) in [4.78, 5) is 15.4. The van der Waals surface area contributed by atoms with Gasteiger partial charge in [0.15, 0.2) is 5.75 Å². The molecule has 0 radical (unpaired) electrons. The molecule has 5 N–H and O–H groups in total. The fourth-order valence-corrected chi connectivity index (χ4v) is 6.13. The minimum absolute atomic E-state index is 0.000667. The first-order valence-corrected chi connectivity index (χ1v) is 12.8. The van der Waals surface area contributed by atoms with Crippen LogP contribution in [-0.4, -0.2) is 51.0 Å². The van der Waals surface area contributed by atoms with Gasteiger partial charge in [0.1, 0.15) is 4.90 Å².